The van der Waals surface area contributed by atoms with Gasteiger partial charge in [0.2, 0.25) is 0 Å². The fourth-order valence-corrected chi connectivity index (χ4v) is 1.91. The van der Waals surface area contributed by atoms with E-state index in [1.54, 1.807) is 0 Å². The van der Waals surface area contributed by atoms with Crippen LogP contribution in [0.15, 0.2) is 0 Å². The first-order valence-corrected chi connectivity index (χ1v) is 6.15. The van der Waals surface area contributed by atoms with Crippen molar-refractivity contribution >= 4 is 12.0 Å². The molecule has 0 aromatic rings. The highest BCUT2D eigenvalue weighted by Crippen LogP contribution is 2.46. The van der Waals surface area contributed by atoms with Gasteiger partial charge in [-0.25, -0.2) is 4.79 Å². The standard InChI is InChI=1S/C12H22N2O3/c1-12(2,9-3-4-9)6-8-14-11(17)13-7-5-10(15)16/h9H,3-8H2,1-2H3,(H,15,16)(H2,13,14,17). The molecule has 3 N–H and O–H groups in total. The van der Waals surface area contributed by atoms with Gasteiger partial charge in [-0.05, 0) is 30.6 Å². The van der Waals surface area contributed by atoms with E-state index in [-0.39, 0.29) is 19.0 Å². The van der Waals surface area contributed by atoms with Gasteiger partial charge in [0, 0.05) is 13.1 Å². The number of hydrogen-bond donors (Lipinski definition) is 3. The molecule has 0 bridgehead atoms. The molecule has 0 heterocycles. The molecule has 0 unspecified atom stereocenters. The number of hydrogen-bond acceptors (Lipinski definition) is 2. The van der Waals surface area contributed by atoms with Crippen molar-refractivity contribution in [2.24, 2.45) is 11.3 Å². The third-order valence-corrected chi connectivity index (χ3v) is 3.36. The van der Waals surface area contributed by atoms with Crippen LogP contribution in [0.4, 0.5) is 4.79 Å². The normalized spacial score (nSPS) is 15.4. The van der Waals surface area contributed by atoms with Crippen LogP contribution >= 0.6 is 0 Å². The van der Waals surface area contributed by atoms with E-state index in [2.05, 4.69) is 24.5 Å². The van der Waals surface area contributed by atoms with Crippen LogP contribution in [0.25, 0.3) is 0 Å². The molecule has 1 aliphatic rings. The molecule has 5 nitrogen and oxygen atoms in total. The second-order valence-electron chi connectivity index (χ2n) is 5.34. The zero-order valence-corrected chi connectivity index (χ0v) is 10.6. The Labute approximate surface area is 102 Å². The molecule has 17 heavy (non-hydrogen) atoms. The maximum Gasteiger partial charge on any atom is 0.314 e. The quantitative estimate of drug-likeness (QED) is 0.634. The van der Waals surface area contributed by atoms with Gasteiger partial charge in [0.05, 0.1) is 6.42 Å². The van der Waals surface area contributed by atoms with Crippen LogP contribution in [0.2, 0.25) is 0 Å². The second-order valence-corrected chi connectivity index (χ2v) is 5.34. The highest BCUT2D eigenvalue weighted by atomic mass is 16.4. The van der Waals surface area contributed by atoms with Crippen molar-refractivity contribution in [3.8, 4) is 0 Å². The average molecular weight is 242 g/mol. The second kappa shape index (κ2) is 5.89. The van der Waals surface area contributed by atoms with E-state index in [1.807, 2.05) is 0 Å². The van der Waals surface area contributed by atoms with Gasteiger partial charge in [0.25, 0.3) is 0 Å². The molecule has 0 aliphatic heterocycles. The average Bonchev–Trinajstić information content (AvgIpc) is 2.99. The van der Waals surface area contributed by atoms with Gasteiger partial charge in [0.1, 0.15) is 0 Å². The van der Waals surface area contributed by atoms with Crippen molar-refractivity contribution in [3.63, 3.8) is 0 Å². The Morgan fingerprint density at radius 1 is 1.24 bits per heavy atom. The van der Waals surface area contributed by atoms with Crippen LogP contribution in [0.1, 0.15) is 39.5 Å². The van der Waals surface area contributed by atoms with E-state index in [1.165, 1.54) is 12.8 Å². The zero-order chi connectivity index (χ0) is 12.9. The molecule has 1 rings (SSSR count). The predicted octanol–water partition coefficient (Wildman–Crippen LogP) is 1.59. The third kappa shape index (κ3) is 5.56. The van der Waals surface area contributed by atoms with Crippen LogP contribution in [-0.4, -0.2) is 30.2 Å². The molecule has 0 saturated heterocycles. The first kappa shape index (κ1) is 13.8. The molecule has 1 saturated carbocycles. The van der Waals surface area contributed by atoms with Crippen molar-refractivity contribution < 1.29 is 14.7 Å². The first-order valence-electron chi connectivity index (χ1n) is 6.15. The lowest BCUT2D eigenvalue weighted by Crippen LogP contribution is -2.38. The number of carbonyl (C=O) groups is 2. The molecular formula is C12H22N2O3. The summed E-state index contributed by atoms with van der Waals surface area (Å²) >= 11 is 0. The van der Waals surface area contributed by atoms with Crippen molar-refractivity contribution in [2.45, 2.75) is 39.5 Å². The van der Waals surface area contributed by atoms with Gasteiger partial charge >= 0.3 is 12.0 Å². The van der Waals surface area contributed by atoms with Crippen LogP contribution < -0.4 is 10.6 Å². The number of amides is 2. The summed E-state index contributed by atoms with van der Waals surface area (Å²) in [6.07, 6.45) is 3.53. The smallest absolute Gasteiger partial charge is 0.314 e. The summed E-state index contributed by atoms with van der Waals surface area (Å²) in [4.78, 5) is 21.5. The summed E-state index contributed by atoms with van der Waals surface area (Å²) in [7, 11) is 0. The predicted molar refractivity (Wildman–Crippen MR) is 64.8 cm³/mol. The van der Waals surface area contributed by atoms with Gasteiger partial charge in [-0.1, -0.05) is 13.8 Å². The Kier molecular flexibility index (Phi) is 4.78. The highest BCUT2D eigenvalue weighted by Gasteiger charge is 2.36. The molecule has 1 aliphatic carbocycles. The lowest BCUT2D eigenvalue weighted by Gasteiger charge is -2.24. The van der Waals surface area contributed by atoms with E-state index < -0.39 is 5.97 Å². The first-order chi connectivity index (χ1) is 7.92. The van der Waals surface area contributed by atoms with Gasteiger partial charge in [-0.15, -0.1) is 0 Å². The molecule has 0 spiro atoms. The Morgan fingerprint density at radius 2 is 1.82 bits per heavy atom. The van der Waals surface area contributed by atoms with E-state index >= 15 is 0 Å². The van der Waals surface area contributed by atoms with Gasteiger partial charge in [0.15, 0.2) is 0 Å². The van der Waals surface area contributed by atoms with E-state index in [0.717, 1.165) is 12.3 Å². The topological polar surface area (TPSA) is 78.4 Å². The maximum absolute atomic E-state index is 11.3. The SMILES string of the molecule is CC(C)(CCNC(=O)NCCC(=O)O)C1CC1. The zero-order valence-electron chi connectivity index (χ0n) is 10.6. The monoisotopic (exact) mass is 242 g/mol. The molecule has 1 fully saturated rings. The molecule has 0 aromatic heterocycles. The minimum absolute atomic E-state index is 0.0407. The lowest BCUT2D eigenvalue weighted by atomic mass is 9.84. The number of carbonyl (C=O) groups excluding carboxylic acids is 1. The molecule has 5 heteroatoms. The largest absolute Gasteiger partial charge is 0.481 e. The summed E-state index contributed by atoms with van der Waals surface area (Å²) in [5, 5.41) is 13.7. The summed E-state index contributed by atoms with van der Waals surface area (Å²) in [6.45, 7) is 5.28. The van der Waals surface area contributed by atoms with Crippen LogP contribution in [-0.2, 0) is 4.79 Å². The molecule has 98 valence electrons. The number of aliphatic carboxylic acids is 1. The molecule has 0 atom stereocenters. The molecule has 2 amide bonds. The lowest BCUT2D eigenvalue weighted by molar-refractivity contribution is -0.136. The fraction of sp³-hybridized carbons (Fsp3) is 0.833. The van der Waals surface area contributed by atoms with Crippen molar-refractivity contribution in [1.82, 2.24) is 10.6 Å². The van der Waals surface area contributed by atoms with Crippen molar-refractivity contribution in [3.05, 3.63) is 0 Å². The van der Waals surface area contributed by atoms with Crippen molar-refractivity contribution in [2.75, 3.05) is 13.1 Å². The molecule has 0 radical (unpaired) electrons. The number of carboxylic acid groups (broad SMARTS) is 1. The van der Waals surface area contributed by atoms with Crippen LogP contribution in [0.5, 0.6) is 0 Å². The minimum Gasteiger partial charge on any atom is -0.481 e. The summed E-state index contributed by atoms with van der Waals surface area (Å²) in [6, 6.07) is -0.280. The van der Waals surface area contributed by atoms with E-state index in [4.69, 9.17) is 5.11 Å². The number of urea groups is 1. The Hall–Kier alpha value is -1.26. The highest BCUT2D eigenvalue weighted by molar-refractivity contribution is 5.74. The summed E-state index contributed by atoms with van der Waals surface area (Å²) in [5.74, 6) is -0.0976. The van der Waals surface area contributed by atoms with E-state index in [9.17, 15) is 9.59 Å². The summed E-state index contributed by atoms with van der Waals surface area (Å²) < 4.78 is 0. The van der Waals surface area contributed by atoms with Gasteiger partial charge < -0.3 is 15.7 Å². The number of nitrogens with one attached hydrogen (secondary N) is 2. The Morgan fingerprint density at radius 3 is 2.35 bits per heavy atom. The summed E-state index contributed by atoms with van der Waals surface area (Å²) in [5.41, 5.74) is 0.300. The van der Waals surface area contributed by atoms with Crippen molar-refractivity contribution in [1.29, 1.82) is 0 Å². The number of carboxylic acids is 1. The minimum atomic E-state index is -0.903. The van der Waals surface area contributed by atoms with E-state index in [0.29, 0.717) is 12.0 Å². The van der Waals surface area contributed by atoms with Crippen LogP contribution in [0, 0.1) is 11.3 Å². The van der Waals surface area contributed by atoms with Gasteiger partial charge in [-0.2, -0.15) is 0 Å². The Balaban J connectivity index is 2.05. The maximum atomic E-state index is 11.3. The fourth-order valence-electron chi connectivity index (χ4n) is 1.91. The van der Waals surface area contributed by atoms with Crippen LogP contribution in [0.3, 0.4) is 0 Å². The third-order valence-electron chi connectivity index (χ3n) is 3.36. The molecular weight excluding hydrogens is 220 g/mol. The Bertz CT molecular complexity index is 285. The van der Waals surface area contributed by atoms with Gasteiger partial charge in [-0.3, -0.25) is 4.79 Å². The molecule has 0 aromatic carbocycles. The number of rotatable bonds is 7.